The number of pyridine rings is 2. The van der Waals surface area contributed by atoms with Crippen LogP contribution in [-0.4, -0.2) is 24.1 Å². The van der Waals surface area contributed by atoms with Crippen LogP contribution in [0.5, 0.6) is 0 Å². The first kappa shape index (κ1) is 15.2. The SMILES string of the molecule is CCCS(=O)(=O)Nc1ccc(NCc2cccnc2)cn1. The molecule has 0 bridgehead atoms. The lowest BCUT2D eigenvalue weighted by molar-refractivity contribution is 0.599. The molecule has 0 radical (unpaired) electrons. The van der Waals surface area contributed by atoms with Gasteiger partial charge in [-0.25, -0.2) is 13.4 Å². The van der Waals surface area contributed by atoms with Gasteiger partial charge in [-0.05, 0) is 30.2 Å². The van der Waals surface area contributed by atoms with Crippen molar-refractivity contribution in [1.29, 1.82) is 0 Å². The molecule has 2 heterocycles. The van der Waals surface area contributed by atoms with Crippen LogP contribution in [0.2, 0.25) is 0 Å². The van der Waals surface area contributed by atoms with Gasteiger partial charge in [-0.3, -0.25) is 9.71 Å². The predicted molar refractivity (Wildman–Crippen MR) is 83.5 cm³/mol. The van der Waals surface area contributed by atoms with Crippen molar-refractivity contribution in [3.8, 4) is 0 Å². The molecule has 0 unspecified atom stereocenters. The summed E-state index contributed by atoms with van der Waals surface area (Å²) in [6.45, 7) is 2.45. The average Bonchev–Trinajstić information content (AvgIpc) is 2.47. The average molecular weight is 306 g/mol. The third-order valence-electron chi connectivity index (χ3n) is 2.72. The molecule has 0 aliphatic carbocycles. The second kappa shape index (κ2) is 7.03. The minimum absolute atomic E-state index is 0.0929. The van der Waals surface area contributed by atoms with E-state index < -0.39 is 10.0 Å². The maximum Gasteiger partial charge on any atom is 0.233 e. The maximum atomic E-state index is 11.6. The van der Waals surface area contributed by atoms with Crippen LogP contribution >= 0.6 is 0 Å². The Labute approximate surface area is 124 Å². The lowest BCUT2D eigenvalue weighted by atomic mass is 10.3. The van der Waals surface area contributed by atoms with Crippen molar-refractivity contribution in [2.45, 2.75) is 19.9 Å². The molecule has 0 saturated carbocycles. The molecule has 0 aliphatic rings. The smallest absolute Gasteiger partial charge is 0.233 e. The zero-order valence-electron chi connectivity index (χ0n) is 11.8. The van der Waals surface area contributed by atoms with Gasteiger partial charge in [0.25, 0.3) is 0 Å². The van der Waals surface area contributed by atoms with E-state index in [0.717, 1.165) is 11.3 Å². The fourth-order valence-electron chi connectivity index (χ4n) is 1.74. The van der Waals surface area contributed by atoms with Gasteiger partial charge < -0.3 is 5.32 Å². The van der Waals surface area contributed by atoms with E-state index in [1.165, 1.54) is 0 Å². The molecule has 0 amide bonds. The van der Waals surface area contributed by atoms with Crippen LogP contribution < -0.4 is 10.0 Å². The molecule has 2 rings (SSSR count). The predicted octanol–water partition coefficient (Wildman–Crippen LogP) is 2.24. The molecule has 2 aromatic rings. The summed E-state index contributed by atoms with van der Waals surface area (Å²) in [5, 5.41) is 3.20. The molecule has 0 atom stereocenters. The minimum Gasteiger partial charge on any atom is -0.380 e. The second-order valence-corrected chi connectivity index (χ2v) is 6.41. The Morgan fingerprint density at radius 1 is 1.19 bits per heavy atom. The number of hydrogen-bond acceptors (Lipinski definition) is 5. The molecule has 21 heavy (non-hydrogen) atoms. The van der Waals surface area contributed by atoms with Crippen molar-refractivity contribution in [2.24, 2.45) is 0 Å². The van der Waals surface area contributed by atoms with E-state index in [1.807, 2.05) is 19.1 Å². The van der Waals surface area contributed by atoms with Crippen molar-refractivity contribution >= 4 is 21.5 Å². The van der Waals surface area contributed by atoms with Crippen LogP contribution in [0.3, 0.4) is 0 Å². The van der Waals surface area contributed by atoms with Crippen molar-refractivity contribution in [2.75, 3.05) is 15.8 Å². The zero-order valence-corrected chi connectivity index (χ0v) is 12.6. The highest BCUT2D eigenvalue weighted by atomic mass is 32.2. The monoisotopic (exact) mass is 306 g/mol. The van der Waals surface area contributed by atoms with Gasteiger partial charge >= 0.3 is 0 Å². The molecule has 2 aromatic heterocycles. The van der Waals surface area contributed by atoms with Crippen LogP contribution in [0, 0.1) is 0 Å². The van der Waals surface area contributed by atoms with Crippen molar-refractivity contribution in [3.63, 3.8) is 0 Å². The van der Waals surface area contributed by atoms with Crippen LogP contribution in [0.4, 0.5) is 11.5 Å². The molecule has 0 fully saturated rings. The fraction of sp³-hybridized carbons (Fsp3) is 0.286. The van der Waals surface area contributed by atoms with E-state index in [-0.39, 0.29) is 5.75 Å². The van der Waals surface area contributed by atoms with Gasteiger partial charge in [-0.1, -0.05) is 13.0 Å². The summed E-state index contributed by atoms with van der Waals surface area (Å²) in [7, 11) is -3.29. The van der Waals surface area contributed by atoms with Gasteiger partial charge in [0.05, 0.1) is 17.6 Å². The summed E-state index contributed by atoms with van der Waals surface area (Å²) < 4.78 is 25.7. The second-order valence-electron chi connectivity index (χ2n) is 4.57. The molecule has 0 aromatic carbocycles. The highest BCUT2D eigenvalue weighted by Gasteiger charge is 2.09. The molecular weight excluding hydrogens is 288 g/mol. The molecule has 2 N–H and O–H groups in total. The Morgan fingerprint density at radius 3 is 2.67 bits per heavy atom. The largest absolute Gasteiger partial charge is 0.380 e. The van der Waals surface area contributed by atoms with Gasteiger partial charge in [0.1, 0.15) is 5.82 Å². The van der Waals surface area contributed by atoms with E-state index in [1.54, 1.807) is 30.7 Å². The first-order chi connectivity index (χ1) is 10.1. The van der Waals surface area contributed by atoms with E-state index in [4.69, 9.17) is 0 Å². The minimum atomic E-state index is -3.29. The first-order valence-electron chi connectivity index (χ1n) is 6.68. The Morgan fingerprint density at radius 2 is 2.05 bits per heavy atom. The molecular formula is C14H18N4O2S. The summed E-state index contributed by atoms with van der Waals surface area (Å²) in [6.07, 6.45) is 5.68. The highest BCUT2D eigenvalue weighted by molar-refractivity contribution is 7.92. The summed E-state index contributed by atoms with van der Waals surface area (Å²) in [5.41, 5.74) is 1.88. The van der Waals surface area contributed by atoms with Gasteiger partial charge in [0, 0.05) is 18.9 Å². The Kier molecular flexibility index (Phi) is 5.10. The van der Waals surface area contributed by atoms with Gasteiger partial charge in [-0.2, -0.15) is 0 Å². The molecule has 112 valence electrons. The Bertz CT molecular complexity index is 657. The van der Waals surface area contributed by atoms with Gasteiger partial charge in [0.15, 0.2) is 0 Å². The third-order valence-corrected chi connectivity index (χ3v) is 4.18. The molecule has 6 nitrogen and oxygen atoms in total. The Balaban J connectivity index is 1.93. The van der Waals surface area contributed by atoms with Gasteiger partial charge in [-0.15, -0.1) is 0 Å². The van der Waals surface area contributed by atoms with Crippen LogP contribution in [0.15, 0.2) is 42.9 Å². The normalized spacial score (nSPS) is 11.1. The number of hydrogen-bond donors (Lipinski definition) is 2. The number of sulfonamides is 1. The number of anilines is 2. The van der Waals surface area contributed by atoms with E-state index in [0.29, 0.717) is 18.8 Å². The topological polar surface area (TPSA) is 84.0 Å². The van der Waals surface area contributed by atoms with E-state index in [9.17, 15) is 8.42 Å². The van der Waals surface area contributed by atoms with Gasteiger partial charge in [0.2, 0.25) is 10.0 Å². The standard InChI is InChI=1S/C14H18N4O2S/c1-2-8-21(19,20)18-14-6-5-13(11-17-14)16-10-12-4-3-7-15-9-12/h3-7,9,11,16H,2,8,10H2,1H3,(H,17,18). The molecule has 0 aliphatic heterocycles. The zero-order chi connectivity index (χ0) is 15.1. The van der Waals surface area contributed by atoms with E-state index >= 15 is 0 Å². The quantitative estimate of drug-likeness (QED) is 0.819. The molecule has 7 heteroatoms. The van der Waals surface area contributed by atoms with Crippen LogP contribution in [0.25, 0.3) is 0 Å². The Hall–Kier alpha value is -2.15. The lowest BCUT2D eigenvalue weighted by Crippen LogP contribution is -2.16. The van der Waals surface area contributed by atoms with Crippen molar-refractivity contribution in [3.05, 3.63) is 48.4 Å². The lowest BCUT2D eigenvalue weighted by Gasteiger charge is -2.08. The number of rotatable bonds is 7. The summed E-state index contributed by atoms with van der Waals surface area (Å²) >= 11 is 0. The number of nitrogens with one attached hydrogen (secondary N) is 2. The van der Waals surface area contributed by atoms with Crippen LogP contribution in [-0.2, 0) is 16.6 Å². The summed E-state index contributed by atoms with van der Waals surface area (Å²) in [4.78, 5) is 8.13. The number of aromatic nitrogens is 2. The maximum absolute atomic E-state index is 11.6. The van der Waals surface area contributed by atoms with E-state index in [2.05, 4.69) is 20.0 Å². The highest BCUT2D eigenvalue weighted by Crippen LogP contribution is 2.12. The fourth-order valence-corrected chi connectivity index (χ4v) is 2.82. The van der Waals surface area contributed by atoms with Crippen molar-refractivity contribution in [1.82, 2.24) is 9.97 Å². The number of nitrogens with zero attached hydrogens (tertiary/aromatic N) is 2. The third kappa shape index (κ3) is 5.03. The molecule has 0 spiro atoms. The molecule has 0 saturated heterocycles. The first-order valence-corrected chi connectivity index (χ1v) is 8.33. The summed E-state index contributed by atoms with van der Waals surface area (Å²) in [6, 6.07) is 7.27. The van der Waals surface area contributed by atoms with Crippen molar-refractivity contribution < 1.29 is 8.42 Å². The van der Waals surface area contributed by atoms with Crippen LogP contribution in [0.1, 0.15) is 18.9 Å². The summed E-state index contributed by atoms with van der Waals surface area (Å²) in [5.74, 6) is 0.422.